The van der Waals surface area contributed by atoms with Crippen LogP contribution in [0.2, 0.25) is 0 Å². The number of carbonyl (C=O) groups is 1. The van der Waals surface area contributed by atoms with Gasteiger partial charge in [-0.25, -0.2) is 14.2 Å². The molecule has 0 unspecified atom stereocenters. The standard InChI is InChI=1S/C20H25FN4O3/c1-5-28-19(27)14-10-25(20(2,3)4)17-13(16(14)26)7-15(21)18(23-17)24-9-11-6-12(24)8-22-11/h7,10-12,22H,5-6,8-9H2,1-4H3/t11-,12-/m1/s1. The second-order valence-corrected chi connectivity index (χ2v) is 8.45. The fraction of sp³-hybridized carbons (Fsp3) is 0.550. The number of piperazine rings is 1. The zero-order valence-electron chi connectivity index (χ0n) is 16.6. The summed E-state index contributed by atoms with van der Waals surface area (Å²) in [4.78, 5) is 31.7. The second kappa shape index (κ2) is 6.55. The molecule has 150 valence electrons. The molecule has 0 amide bonds. The number of hydrogen-bond donors (Lipinski definition) is 1. The number of pyridine rings is 2. The predicted octanol–water partition coefficient (Wildman–Crippen LogP) is 2.02. The van der Waals surface area contributed by atoms with Crippen molar-refractivity contribution in [2.45, 2.75) is 51.7 Å². The molecule has 4 heterocycles. The zero-order valence-corrected chi connectivity index (χ0v) is 16.6. The van der Waals surface area contributed by atoms with Crippen LogP contribution < -0.4 is 15.6 Å². The van der Waals surface area contributed by atoms with Crippen molar-refractivity contribution in [3.8, 4) is 0 Å². The van der Waals surface area contributed by atoms with Gasteiger partial charge in [0.2, 0.25) is 5.43 Å². The average Bonchev–Trinajstić information content (AvgIpc) is 3.24. The first-order chi connectivity index (χ1) is 13.2. The van der Waals surface area contributed by atoms with E-state index in [2.05, 4.69) is 10.3 Å². The van der Waals surface area contributed by atoms with E-state index in [0.717, 1.165) is 13.0 Å². The minimum atomic E-state index is -0.709. The van der Waals surface area contributed by atoms with Crippen LogP contribution in [0.5, 0.6) is 0 Å². The highest BCUT2D eigenvalue weighted by Gasteiger charge is 2.39. The molecule has 28 heavy (non-hydrogen) atoms. The number of nitrogens with one attached hydrogen (secondary N) is 1. The zero-order chi connectivity index (χ0) is 20.2. The Morgan fingerprint density at radius 2 is 2.18 bits per heavy atom. The van der Waals surface area contributed by atoms with Gasteiger partial charge in [0.25, 0.3) is 0 Å². The van der Waals surface area contributed by atoms with Gasteiger partial charge in [0, 0.05) is 36.9 Å². The maximum absolute atomic E-state index is 15.0. The van der Waals surface area contributed by atoms with E-state index in [4.69, 9.17) is 4.74 Å². The summed E-state index contributed by atoms with van der Waals surface area (Å²) in [5, 5.41) is 3.48. The molecule has 2 aromatic rings. The number of anilines is 1. The van der Waals surface area contributed by atoms with E-state index in [1.165, 1.54) is 12.3 Å². The normalized spacial score (nSPS) is 21.5. The van der Waals surface area contributed by atoms with Crippen LogP contribution in [-0.4, -0.2) is 47.3 Å². The molecule has 2 fully saturated rings. The summed E-state index contributed by atoms with van der Waals surface area (Å²) in [7, 11) is 0. The summed E-state index contributed by atoms with van der Waals surface area (Å²) in [6, 6.07) is 1.76. The third-order valence-corrected chi connectivity index (χ3v) is 5.46. The Balaban J connectivity index is 1.94. The largest absolute Gasteiger partial charge is 0.462 e. The Morgan fingerprint density at radius 1 is 1.43 bits per heavy atom. The van der Waals surface area contributed by atoms with Crippen molar-refractivity contribution < 1.29 is 13.9 Å². The topological polar surface area (TPSA) is 76.5 Å². The number of rotatable bonds is 3. The van der Waals surface area contributed by atoms with Crippen molar-refractivity contribution in [1.29, 1.82) is 0 Å². The Kier molecular flexibility index (Phi) is 4.41. The summed E-state index contributed by atoms with van der Waals surface area (Å²) in [5.41, 5.74) is -0.766. The third-order valence-electron chi connectivity index (χ3n) is 5.46. The monoisotopic (exact) mass is 388 g/mol. The van der Waals surface area contributed by atoms with Crippen LogP contribution in [0.3, 0.4) is 0 Å². The van der Waals surface area contributed by atoms with Gasteiger partial charge in [-0.2, -0.15) is 0 Å². The molecule has 0 saturated carbocycles. The Labute approximate surface area is 162 Å². The van der Waals surface area contributed by atoms with Crippen LogP contribution in [0.4, 0.5) is 10.2 Å². The van der Waals surface area contributed by atoms with E-state index in [-0.39, 0.29) is 29.4 Å². The van der Waals surface area contributed by atoms with Crippen molar-refractivity contribution in [1.82, 2.24) is 14.9 Å². The molecule has 2 atom stereocenters. The smallest absolute Gasteiger partial charge is 0.343 e. The fourth-order valence-corrected chi connectivity index (χ4v) is 4.10. The lowest BCUT2D eigenvalue weighted by Crippen LogP contribution is -2.44. The number of nitrogens with zero attached hydrogens (tertiary/aromatic N) is 3. The maximum atomic E-state index is 15.0. The van der Waals surface area contributed by atoms with Crippen LogP contribution in [-0.2, 0) is 10.3 Å². The first-order valence-electron chi connectivity index (χ1n) is 9.64. The quantitative estimate of drug-likeness (QED) is 0.811. The average molecular weight is 388 g/mol. The van der Waals surface area contributed by atoms with E-state index >= 15 is 0 Å². The van der Waals surface area contributed by atoms with E-state index in [1.54, 1.807) is 11.5 Å². The molecule has 2 aliphatic rings. The molecule has 4 rings (SSSR count). The number of aromatic nitrogens is 2. The molecule has 7 nitrogen and oxygen atoms in total. The van der Waals surface area contributed by atoms with Crippen LogP contribution >= 0.6 is 0 Å². The van der Waals surface area contributed by atoms with Gasteiger partial charge in [0.15, 0.2) is 11.6 Å². The molecular formula is C20H25FN4O3. The van der Waals surface area contributed by atoms with Gasteiger partial charge in [-0.15, -0.1) is 0 Å². The lowest BCUT2D eigenvalue weighted by molar-refractivity contribution is 0.0524. The van der Waals surface area contributed by atoms with E-state index < -0.39 is 22.8 Å². The van der Waals surface area contributed by atoms with Gasteiger partial charge in [-0.3, -0.25) is 4.79 Å². The van der Waals surface area contributed by atoms with Crippen molar-refractivity contribution in [2.75, 3.05) is 24.6 Å². The van der Waals surface area contributed by atoms with E-state index in [9.17, 15) is 14.0 Å². The molecule has 0 radical (unpaired) electrons. The molecule has 1 N–H and O–H groups in total. The van der Waals surface area contributed by atoms with Crippen molar-refractivity contribution >= 4 is 22.8 Å². The van der Waals surface area contributed by atoms with Gasteiger partial charge in [-0.1, -0.05) is 0 Å². The second-order valence-electron chi connectivity index (χ2n) is 8.45. The first-order valence-corrected chi connectivity index (χ1v) is 9.64. The van der Waals surface area contributed by atoms with Gasteiger partial charge >= 0.3 is 5.97 Å². The van der Waals surface area contributed by atoms with Crippen molar-refractivity contribution in [2.24, 2.45) is 0 Å². The maximum Gasteiger partial charge on any atom is 0.343 e. The molecule has 2 saturated heterocycles. The predicted molar refractivity (Wildman–Crippen MR) is 104 cm³/mol. The van der Waals surface area contributed by atoms with Gasteiger partial charge in [0.1, 0.15) is 11.2 Å². The lowest BCUT2D eigenvalue weighted by atomic mass is 10.1. The molecule has 2 bridgehead atoms. The van der Waals surface area contributed by atoms with E-state index in [0.29, 0.717) is 18.2 Å². The summed E-state index contributed by atoms with van der Waals surface area (Å²) < 4.78 is 21.8. The number of carbonyl (C=O) groups excluding carboxylic acids is 1. The molecular weight excluding hydrogens is 363 g/mol. The molecule has 0 spiro atoms. The number of esters is 1. The number of hydrogen-bond acceptors (Lipinski definition) is 6. The molecule has 0 aromatic carbocycles. The van der Waals surface area contributed by atoms with Crippen LogP contribution in [0, 0.1) is 5.82 Å². The highest BCUT2D eigenvalue weighted by Crippen LogP contribution is 2.32. The molecule has 0 aliphatic carbocycles. The molecule has 2 aromatic heterocycles. The Bertz CT molecular complexity index is 1010. The van der Waals surface area contributed by atoms with Crippen molar-refractivity contribution in [3.05, 3.63) is 33.9 Å². The highest BCUT2D eigenvalue weighted by atomic mass is 19.1. The summed E-state index contributed by atoms with van der Waals surface area (Å²) >= 11 is 0. The van der Waals surface area contributed by atoms with Crippen LogP contribution in [0.25, 0.3) is 11.0 Å². The highest BCUT2D eigenvalue weighted by molar-refractivity contribution is 5.93. The lowest BCUT2D eigenvalue weighted by Gasteiger charge is -2.30. The number of fused-ring (bicyclic) bond motifs is 3. The van der Waals surface area contributed by atoms with Gasteiger partial charge < -0.3 is 19.5 Å². The fourth-order valence-electron chi connectivity index (χ4n) is 4.10. The third kappa shape index (κ3) is 2.96. The summed E-state index contributed by atoms with van der Waals surface area (Å²) in [6.07, 6.45) is 2.45. The van der Waals surface area contributed by atoms with E-state index in [1.807, 2.05) is 25.7 Å². The number of halogens is 1. The SMILES string of the molecule is CCOC(=O)c1cn(C(C)(C)C)c2nc(N3C[C@H]4C[C@@H]3CN4)c(F)cc2c1=O. The first kappa shape index (κ1) is 18.9. The minimum Gasteiger partial charge on any atom is -0.462 e. The molecule has 2 aliphatic heterocycles. The summed E-state index contributed by atoms with van der Waals surface area (Å²) in [5.74, 6) is -0.985. The Morgan fingerprint density at radius 3 is 2.75 bits per heavy atom. The minimum absolute atomic E-state index is 0.0872. The van der Waals surface area contributed by atoms with Crippen molar-refractivity contribution in [3.63, 3.8) is 0 Å². The summed E-state index contributed by atoms with van der Waals surface area (Å²) in [6.45, 7) is 9.16. The van der Waals surface area contributed by atoms with Gasteiger partial charge in [-0.05, 0) is 40.2 Å². The van der Waals surface area contributed by atoms with Gasteiger partial charge in [0.05, 0.1) is 12.0 Å². The molecule has 8 heteroatoms. The number of ether oxygens (including phenoxy) is 1. The van der Waals surface area contributed by atoms with Crippen LogP contribution in [0.15, 0.2) is 17.1 Å². The van der Waals surface area contributed by atoms with Crippen LogP contribution in [0.1, 0.15) is 44.5 Å². The Hall–Kier alpha value is -2.48.